The third-order valence-electron chi connectivity index (χ3n) is 2.09. The molecule has 2 aromatic rings. The summed E-state index contributed by atoms with van der Waals surface area (Å²) in [4.78, 5) is 0. The van der Waals surface area contributed by atoms with Crippen LogP contribution in [0.5, 0.6) is 0 Å². The van der Waals surface area contributed by atoms with Crippen LogP contribution in [0.3, 0.4) is 0 Å². The molecule has 0 heterocycles. The highest BCUT2D eigenvalue weighted by Crippen LogP contribution is 2.07. The van der Waals surface area contributed by atoms with Crippen molar-refractivity contribution in [1.82, 2.24) is 0 Å². The van der Waals surface area contributed by atoms with Crippen LogP contribution in [0.1, 0.15) is 18.1 Å². The van der Waals surface area contributed by atoms with Gasteiger partial charge in [0, 0.05) is 0 Å². The van der Waals surface area contributed by atoms with Gasteiger partial charge >= 0.3 is 0 Å². The summed E-state index contributed by atoms with van der Waals surface area (Å²) in [6.45, 7) is 5.00. The maximum absolute atomic E-state index is 3.25. The molecule has 0 nitrogen and oxygen atoms in total. The predicted molar refractivity (Wildman–Crippen MR) is 66.7 cm³/mol. The molecule has 0 amide bonds. The van der Waals surface area contributed by atoms with Crippen LogP contribution in [0.15, 0.2) is 60.7 Å². The maximum Gasteiger partial charge on any atom is 0.0746 e. The Morgan fingerprint density at radius 1 is 0.688 bits per heavy atom. The zero-order valence-electron chi connectivity index (χ0n) is 9.57. The van der Waals surface area contributed by atoms with Crippen LogP contribution in [0.4, 0.5) is 0 Å². The Morgan fingerprint density at radius 3 is 1.31 bits per heavy atom. The summed E-state index contributed by atoms with van der Waals surface area (Å²) in [7, 11) is 0. The summed E-state index contributed by atoms with van der Waals surface area (Å²) < 4.78 is 0. The Kier molecular flexibility index (Phi) is 8.10. The van der Waals surface area contributed by atoms with Crippen molar-refractivity contribution in [3.8, 4) is 0 Å². The van der Waals surface area contributed by atoms with Crippen molar-refractivity contribution in [3.05, 3.63) is 78.7 Å². The highest BCUT2D eigenvalue weighted by molar-refractivity contribution is 5.25. The van der Waals surface area contributed by atoms with Crippen LogP contribution in [0, 0.1) is 6.92 Å². The van der Waals surface area contributed by atoms with Crippen LogP contribution in [-0.4, -0.2) is 0 Å². The van der Waals surface area contributed by atoms with Crippen molar-refractivity contribution in [2.24, 2.45) is 0 Å². The van der Waals surface area contributed by atoms with E-state index in [4.69, 9.17) is 0 Å². The average molecular weight is 233 g/mol. The quantitative estimate of drug-likeness (QED) is 0.681. The van der Waals surface area contributed by atoms with Gasteiger partial charge in [0.2, 0.25) is 0 Å². The Labute approximate surface area is 105 Å². The van der Waals surface area contributed by atoms with Crippen LogP contribution in [-0.2, 0) is 6.42 Å². The van der Waals surface area contributed by atoms with E-state index in [1.807, 2.05) is 0 Å². The Balaban J connectivity index is 0.000000711. The lowest BCUT2D eigenvalue weighted by molar-refractivity contribution is -0.00000312. The second kappa shape index (κ2) is 8.87. The van der Waals surface area contributed by atoms with Gasteiger partial charge in [-0.1, -0.05) is 60.7 Å². The van der Waals surface area contributed by atoms with E-state index in [1.165, 1.54) is 11.1 Å². The average Bonchev–Trinajstić information content (AvgIpc) is 2.34. The molecule has 0 fully saturated rings. The second-order valence-corrected chi connectivity index (χ2v) is 3.15. The van der Waals surface area contributed by atoms with E-state index in [0.29, 0.717) is 0 Å². The van der Waals surface area contributed by atoms with Gasteiger partial charge in [0.1, 0.15) is 0 Å². The SMILES string of the molecule is [CH2+]C.[Cl-].c1ccc(Cc2ccccc2)cc1. The van der Waals surface area contributed by atoms with E-state index in [-0.39, 0.29) is 12.4 Å². The van der Waals surface area contributed by atoms with Crippen molar-refractivity contribution in [2.45, 2.75) is 13.3 Å². The van der Waals surface area contributed by atoms with Gasteiger partial charge in [-0.15, -0.1) is 0 Å². The predicted octanol–water partition coefficient (Wildman–Crippen LogP) is 1.12. The second-order valence-electron chi connectivity index (χ2n) is 3.15. The monoisotopic (exact) mass is 232 g/mol. The largest absolute Gasteiger partial charge is 1.00 e. The molecule has 0 atom stereocenters. The molecule has 16 heavy (non-hydrogen) atoms. The highest BCUT2D eigenvalue weighted by atomic mass is 35.5. The first-order chi connectivity index (χ1) is 7.45. The van der Waals surface area contributed by atoms with Crippen LogP contribution in [0.25, 0.3) is 0 Å². The Hall–Kier alpha value is -1.40. The molecule has 0 saturated carbocycles. The molecule has 1 heteroatoms. The smallest absolute Gasteiger partial charge is 0.0746 e. The number of benzene rings is 2. The molecule has 0 N–H and O–H groups in total. The van der Waals surface area contributed by atoms with Gasteiger partial charge in [0.25, 0.3) is 0 Å². The van der Waals surface area contributed by atoms with Crippen molar-refractivity contribution in [2.75, 3.05) is 0 Å². The van der Waals surface area contributed by atoms with E-state index in [2.05, 4.69) is 67.6 Å². The molecule has 0 saturated heterocycles. The Bertz CT molecular complexity index is 316. The topological polar surface area (TPSA) is 0 Å². The van der Waals surface area contributed by atoms with E-state index < -0.39 is 0 Å². The molecule has 0 bridgehead atoms. The van der Waals surface area contributed by atoms with Gasteiger partial charge in [0.15, 0.2) is 0 Å². The van der Waals surface area contributed by atoms with Gasteiger partial charge in [-0.05, 0) is 17.5 Å². The summed E-state index contributed by atoms with van der Waals surface area (Å²) in [5.74, 6) is 0. The summed E-state index contributed by atoms with van der Waals surface area (Å²) in [6.07, 6.45) is 1.03. The fraction of sp³-hybridized carbons (Fsp3) is 0.133. The first kappa shape index (κ1) is 14.6. The lowest BCUT2D eigenvalue weighted by Crippen LogP contribution is -3.00. The normalized spacial score (nSPS) is 8.31. The van der Waals surface area contributed by atoms with Crippen molar-refractivity contribution >= 4 is 0 Å². The molecule has 2 aromatic carbocycles. The molecule has 0 radical (unpaired) electrons. The van der Waals surface area contributed by atoms with Crippen molar-refractivity contribution < 1.29 is 12.4 Å². The molecular formula is C15H17Cl. The van der Waals surface area contributed by atoms with Crippen molar-refractivity contribution in [1.29, 1.82) is 0 Å². The zero-order valence-corrected chi connectivity index (χ0v) is 10.3. The van der Waals surface area contributed by atoms with Crippen LogP contribution < -0.4 is 12.4 Å². The van der Waals surface area contributed by atoms with E-state index in [0.717, 1.165) is 6.42 Å². The third-order valence-corrected chi connectivity index (χ3v) is 2.09. The van der Waals surface area contributed by atoms with Gasteiger partial charge in [-0.25, -0.2) is 0 Å². The summed E-state index contributed by atoms with van der Waals surface area (Å²) in [5, 5.41) is 0. The summed E-state index contributed by atoms with van der Waals surface area (Å²) in [5.41, 5.74) is 2.74. The summed E-state index contributed by atoms with van der Waals surface area (Å²) in [6, 6.07) is 21.1. The minimum Gasteiger partial charge on any atom is -1.00 e. The molecule has 2 rings (SSSR count). The van der Waals surface area contributed by atoms with Crippen LogP contribution in [0.2, 0.25) is 0 Å². The van der Waals surface area contributed by atoms with Crippen molar-refractivity contribution in [3.63, 3.8) is 0 Å². The molecule has 0 aliphatic carbocycles. The van der Waals surface area contributed by atoms with E-state index >= 15 is 0 Å². The van der Waals surface area contributed by atoms with Gasteiger partial charge < -0.3 is 12.4 Å². The first-order valence-electron chi connectivity index (χ1n) is 5.24. The fourth-order valence-electron chi connectivity index (χ4n) is 1.43. The van der Waals surface area contributed by atoms with Crippen LogP contribution >= 0.6 is 0 Å². The fourth-order valence-corrected chi connectivity index (χ4v) is 1.43. The highest BCUT2D eigenvalue weighted by Gasteiger charge is 1.92. The third kappa shape index (κ3) is 4.90. The van der Waals surface area contributed by atoms with Gasteiger partial charge in [0.05, 0.1) is 13.8 Å². The summed E-state index contributed by atoms with van der Waals surface area (Å²) >= 11 is 0. The van der Waals surface area contributed by atoms with E-state index in [1.54, 1.807) is 6.92 Å². The molecule has 84 valence electrons. The molecular weight excluding hydrogens is 216 g/mol. The molecule has 0 aliphatic heterocycles. The van der Waals surface area contributed by atoms with E-state index in [9.17, 15) is 0 Å². The zero-order chi connectivity index (χ0) is 10.9. The molecule has 0 spiro atoms. The van der Waals surface area contributed by atoms with Gasteiger partial charge in [-0.2, -0.15) is 0 Å². The maximum atomic E-state index is 3.25. The first-order valence-corrected chi connectivity index (χ1v) is 5.24. The Morgan fingerprint density at radius 2 is 1.00 bits per heavy atom. The number of hydrogen-bond donors (Lipinski definition) is 0. The molecule has 0 aliphatic rings. The molecule has 0 aromatic heterocycles. The lowest BCUT2D eigenvalue weighted by atomic mass is 10.1. The minimum absolute atomic E-state index is 0. The standard InChI is InChI=1S/C13H12.C2H5.ClH/c1-3-7-12(8-4-1)11-13-9-5-2-6-10-13;1-2;/h1-10H,11H2;1H2,2H3;1H/q;+1;/p-1. The number of rotatable bonds is 2. The minimum atomic E-state index is 0. The lowest BCUT2D eigenvalue weighted by Gasteiger charge is -2.00. The number of halogens is 1. The number of hydrogen-bond acceptors (Lipinski definition) is 0. The van der Waals surface area contributed by atoms with Gasteiger partial charge in [-0.3, -0.25) is 0 Å². The molecule has 0 unspecified atom stereocenters.